The van der Waals surface area contributed by atoms with Gasteiger partial charge >= 0.3 is 0 Å². The summed E-state index contributed by atoms with van der Waals surface area (Å²) in [5, 5.41) is 8.35. The van der Waals surface area contributed by atoms with E-state index in [4.69, 9.17) is 9.84 Å². The minimum atomic E-state index is 0.193. The number of rotatable bonds is 6. The fourth-order valence-corrected chi connectivity index (χ4v) is 3.99. The lowest BCUT2D eigenvalue weighted by Gasteiger charge is -2.29. The number of likely N-dealkylation sites (N-methyl/N-ethyl adjacent to an activating group) is 1. The molecule has 1 saturated carbocycles. The van der Waals surface area contributed by atoms with E-state index < -0.39 is 0 Å². The Morgan fingerprint density at radius 2 is 2.04 bits per heavy atom. The fourth-order valence-electron chi connectivity index (χ4n) is 3.99. The number of likely N-dealkylation sites (tertiary alicyclic amines) is 1. The van der Waals surface area contributed by atoms with Crippen molar-refractivity contribution in [2.75, 3.05) is 25.5 Å². The van der Waals surface area contributed by atoms with Crippen LogP contribution in [-0.2, 0) is 6.54 Å². The van der Waals surface area contributed by atoms with Gasteiger partial charge in [-0.2, -0.15) is 0 Å². The van der Waals surface area contributed by atoms with Gasteiger partial charge in [-0.3, -0.25) is 0 Å². The van der Waals surface area contributed by atoms with Crippen LogP contribution in [0.1, 0.15) is 42.9 Å². The lowest BCUT2D eigenvalue weighted by molar-refractivity contribution is 0.0988. The van der Waals surface area contributed by atoms with E-state index in [1.807, 2.05) is 22.8 Å². The molecule has 2 fully saturated rings. The van der Waals surface area contributed by atoms with E-state index >= 15 is 0 Å². The summed E-state index contributed by atoms with van der Waals surface area (Å²) in [6.07, 6.45) is 6.86. The number of aromatic nitrogens is 3. The minimum absolute atomic E-state index is 0.193. The van der Waals surface area contributed by atoms with Gasteiger partial charge in [-0.15, -0.1) is 5.10 Å². The van der Waals surface area contributed by atoms with E-state index in [9.17, 15) is 0 Å². The van der Waals surface area contributed by atoms with Gasteiger partial charge in [0, 0.05) is 25.1 Å². The smallest absolute Gasteiger partial charge is 0.234 e. The van der Waals surface area contributed by atoms with Gasteiger partial charge in [-0.1, -0.05) is 30.3 Å². The molecular formula is C22H27N5O. The Bertz CT molecular complexity index is 950. The highest BCUT2D eigenvalue weighted by Crippen LogP contribution is 2.40. The molecule has 2 aliphatic rings. The molecule has 0 bridgehead atoms. The highest BCUT2D eigenvalue weighted by atomic mass is 16.5. The van der Waals surface area contributed by atoms with Gasteiger partial charge in [0.2, 0.25) is 5.88 Å². The summed E-state index contributed by atoms with van der Waals surface area (Å²) in [4.78, 5) is 6.99. The Labute approximate surface area is 165 Å². The molecule has 0 unspecified atom stereocenters. The molecule has 3 heterocycles. The Balaban J connectivity index is 1.44. The Morgan fingerprint density at radius 1 is 1.18 bits per heavy atom. The standard InChI is InChI=1S/C22H27N5O/c1-26-11-5-8-18(15-26)28-21-12-19(23-13-16-6-3-2-4-7-16)22-24-14-20(17-9-10-17)27(22)25-21/h2-4,6-7,12,14,17-18,23H,5,8-11,13,15H2,1H3/t18-/m1/s1. The normalized spacial score (nSPS) is 20.4. The third-order valence-electron chi connectivity index (χ3n) is 5.66. The quantitative estimate of drug-likeness (QED) is 0.710. The summed E-state index contributed by atoms with van der Waals surface area (Å²) in [5.41, 5.74) is 4.29. The van der Waals surface area contributed by atoms with Crippen LogP contribution in [0.4, 0.5) is 5.69 Å². The van der Waals surface area contributed by atoms with E-state index in [-0.39, 0.29) is 6.10 Å². The van der Waals surface area contributed by atoms with Crippen LogP contribution in [0, 0.1) is 0 Å². The number of nitrogens with zero attached hydrogens (tertiary/aromatic N) is 4. The number of imidazole rings is 1. The van der Waals surface area contributed by atoms with Gasteiger partial charge in [-0.25, -0.2) is 9.50 Å². The van der Waals surface area contributed by atoms with Crippen LogP contribution in [0.3, 0.4) is 0 Å². The zero-order chi connectivity index (χ0) is 18.9. The topological polar surface area (TPSA) is 54.7 Å². The van der Waals surface area contributed by atoms with Crippen molar-refractivity contribution >= 4 is 11.3 Å². The molecule has 6 nitrogen and oxygen atoms in total. The molecule has 1 N–H and O–H groups in total. The van der Waals surface area contributed by atoms with Crippen molar-refractivity contribution in [3.8, 4) is 5.88 Å². The van der Waals surface area contributed by atoms with Crippen LogP contribution in [0.15, 0.2) is 42.6 Å². The van der Waals surface area contributed by atoms with Crippen molar-refractivity contribution in [1.82, 2.24) is 19.5 Å². The largest absolute Gasteiger partial charge is 0.472 e. The summed E-state index contributed by atoms with van der Waals surface area (Å²) in [7, 11) is 2.15. The van der Waals surface area contributed by atoms with Crippen molar-refractivity contribution in [3.05, 3.63) is 53.9 Å². The van der Waals surface area contributed by atoms with Crippen LogP contribution in [0.2, 0.25) is 0 Å². The van der Waals surface area contributed by atoms with E-state index in [0.29, 0.717) is 11.8 Å². The molecule has 1 aliphatic heterocycles. The first-order chi connectivity index (χ1) is 13.8. The van der Waals surface area contributed by atoms with Crippen molar-refractivity contribution in [2.45, 2.75) is 44.2 Å². The highest BCUT2D eigenvalue weighted by molar-refractivity contribution is 5.68. The Kier molecular flexibility index (Phi) is 4.64. The summed E-state index contributed by atoms with van der Waals surface area (Å²) >= 11 is 0. The molecule has 1 saturated heterocycles. The van der Waals surface area contributed by atoms with Crippen LogP contribution in [-0.4, -0.2) is 45.7 Å². The van der Waals surface area contributed by atoms with E-state index in [2.05, 4.69) is 46.5 Å². The molecule has 146 valence electrons. The maximum absolute atomic E-state index is 6.31. The SMILES string of the molecule is CN1CCC[C@@H](Oc2cc(NCc3ccccc3)c3ncc(C4CC4)n3n2)C1. The molecule has 3 aromatic rings. The first-order valence-corrected chi connectivity index (χ1v) is 10.3. The first-order valence-electron chi connectivity index (χ1n) is 10.3. The maximum Gasteiger partial charge on any atom is 0.234 e. The summed E-state index contributed by atoms with van der Waals surface area (Å²) < 4.78 is 8.30. The second-order valence-corrected chi connectivity index (χ2v) is 8.07. The van der Waals surface area contributed by atoms with Crippen LogP contribution < -0.4 is 10.1 Å². The molecule has 1 aromatic carbocycles. The average molecular weight is 377 g/mol. The molecule has 5 rings (SSSR count). The summed E-state index contributed by atoms with van der Waals surface area (Å²) in [6.45, 7) is 2.84. The zero-order valence-corrected chi connectivity index (χ0v) is 16.3. The molecule has 1 aliphatic carbocycles. The molecule has 2 aromatic heterocycles. The first kappa shape index (κ1) is 17.5. The number of benzene rings is 1. The lowest BCUT2D eigenvalue weighted by atomic mass is 10.1. The van der Waals surface area contributed by atoms with Crippen LogP contribution in [0.5, 0.6) is 5.88 Å². The highest BCUT2D eigenvalue weighted by Gasteiger charge is 2.28. The van der Waals surface area contributed by atoms with Crippen molar-refractivity contribution in [2.24, 2.45) is 0 Å². The monoisotopic (exact) mass is 377 g/mol. The zero-order valence-electron chi connectivity index (χ0n) is 16.3. The van der Waals surface area contributed by atoms with Crippen LogP contribution in [0.25, 0.3) is 5.65 Å². The fraction of sp³-hybridized carbons (Fsp3) is 0.455. The summed E-state index contributed by atoms with van der Waals surface area (Å²) in [6, 6.07) is 12.4. The molecule has 0 amide bonds. The third-order valence-corrected chi connectivity index (χ3v) is 5.66. The van der Waals surface area contributed by atoms with Crippen molar-refractivity contribution in [3.63, 3.8) is 0 Å². The molecule has 6 heteroatoms. The number of anilines is 1. The third kappa shape index (κ3) is 3.69. The molecule has 0 spiro atoms. The number of nitrogens with one attached hydrogen (secondary N) is 1. The second kappa shape index (κ2) is 7.43. The van der Waals surface area contributed by atoms with Crippen molar-refractivity contribution < 1.29 is 4.74 Å². The lowest BCUT2D eigenvalue weighted by Crippen LogP contribution is -2.38. The predicted molar refractivity (Wildman–Crippen MR) is 110 cm³/mol. The van der Waals surface area contributed by atoms with E-state index in [1.165, 1.54) is 30.5 Å². The Hall–Kier alpha value is -2.60. The maximum atomic E-state index is 6.31. The van der Waals surface area contributed by atoms with Crippen LogP contribution >= 0.6 is 0 Å². The molecule has 1 atom stereocenters. The average Bonchev–Trinajstić information content (AvgIpc) is 3.46. The molecule has 28 heavy (non-hydrogen) atoms. The summed E-state index contributed by atoms with van der Waals surface area (Å²) in [5.74, 6) is 1.27. The van der Waals surface area contributed by atoms with E-state index in [1.54, 1.807) is 0 Å². The van der Waals surface area contributed by atoms with Crippen molar-refractivity contribution in [1.29, 1.82) is 0 Å². The van der Waals surface area contributed by atoms with Gasteiger partial charge in [0.05, 0.1) is 17.6 Å². The molecular weight excluding hydrogens is 350 g/mol. The number of hydrogen-bond donors (Lipinski definition) is 1. The Morgan fingerprint density at radius 3 is 2.82 bits per heavy atom. The number of hydrogen-bond acceptors (Lipinski definition) is 5. The van der Waals surface area contributed by atoms with Gasteiger partial charge in [0.25, 0.3) is 0 Å². The minimum Gasteiger partial charge on any atom is -0.472 e. The number of piperidine rings is 1. The number of fused-ring (bicyclic) bond motifs is 1. The van der Waals surface area contributed by atoms with E-state index in [0.717, 1.165) is 37.4 Å². The van der Waals surface area contributed by atoms with Gasteiger partial charge in [0.15, 0.2) is 5.65 Å². The van der Waals surface area contributed by atoms with Gasteiger partial charge in [-0.05, 0) is 44.8 Å². The molecule has 0 radical (unpaired) electrons. The predicted octanol–water partition coefficient (Wildman–Crippen LogP) is 3.69. The van der Waals surface area contributed by atoms with Gasteiger partial charge in [0.1, 0.15) is 6.10 Å². The number of ether oxygens (including phenoxy) is 1. The second-order valence-electron chi connectivity index (χ2n) is 8.07. The van der Waals surface area contributed by atoms with Gasteiger partial charge < -0.3 is 15.0 Å².